The predicted octanol–water partition coefficient (Wildman–Crippen LogP) is 4.94. The Bertz CT molecular complexity index is 481. The Hall–Kier alpha value is -1.27. The van der Waals surface area contributed by atoms with E-state index in [2.05, 4.69) is 10.1 Å². The maximum Gasteiger partial charge on any atom is 0.412 e. The molecule has 0 radical (unpaired) electrons. The smallest absolute Gasteiger partial charge is 0.412 e. The second kappa shape index (κ2) is 6.45. The van der Waals surface area contributed by atoms with Gasteiger partial charge in [0, 0.05) is 5.69 Å². The van der Waals surface area contributed by atoms with Gasteiger partial charge < -0.3 is 9.47 Å². The lowest BCUT2D eigenvalue weighted by Crippen LogP contribution is -2.27. The Labute approximate surface area is 124 Å². The second-order valence-electron chi connectivity index (χ2n) is 4.77. The van der Waals surface area contributed by atoms with E-state index in [1.807, 2.05) is 0 Å². The number of halogens is 4. The lowest BCUT2D eigenvalue weighted by Gasteiger charge is -2.20. The van der Waals surface area contributed by atoms with Crippen LogP contribution < -0.4 is 10.1 Å². The fourth-order valence-electron chi connectivity index (χ4n) is 1.26. The maximum absolute atomic E-state index is 12.1. The highest BCUT2D eigenvalue weighted by Crippen LogP contribution is 2.37. The van der Waals surface area contributed by atoms with Crippen molar-refractivity contribution >= 4 is 35.0 Å². The molecule has 0 aliphatic heterocycles. The van der Waals surface area contributed by atoms with Crippen molar-refractivity contribution in [1.29, 1.82) is 0 Å². The first-order valence-corrected chi connectivity index (χ1v) is 6.28. The van der Waals surface area contributed by atoms with Crippen molar-refractivity contribution in [3.05, 3.63) is 22.2 Å². The lowest BCUT2D eigenvalue weighted by molar-refractivity contribution is -0.0497. The molecule has 0 saturated heterocycles. The highest BCUT2D eigenvalue weighted by molar-refractivity contribution is 6.37. The van der Waals surface area contributed by atoms with E-state index in [1.54, 1.807) is 20.8 Å². The molecule has 0 heterocycles. The summed E-state index contributed by atoms with van der Waals surface area (Å²) in [6, 6.07) is 2.46. The molecule has 0 aromatic heterocycles. The molecule has 1 N–H and O–H groups in total. The van der Waals surface area contributed by atoms with Gasteiger partial charge in [0.05, 0.1) is 10.0 Å². The Morgan fingerprint density at radius 1 is 1.25 bits per heavy atom. The first-order chi connectivity index (χ1) is 9.08. The van der Waals surface area contributed by atoms with E-state index in [4.69, 9.17) is 27.9 Å². The third-order valence-electron chi connectivity index (χ3n) is 1.85. The Morgan fingerprint density at radius 3 is 2.15 bits per heavy atom. The molecule has 0 saturated carbocycles. The van der Waals surface area contributed by atoms with Gasteiger partial charge in [-0.25, -0.2) is 4.79 Å². The van der Waals surface area contributed by atoms with E-state index < -0.39 is 18.3 Å². The summed E-state index contributed by atoms with van der Waals surface area (Å²) in [5.41, 5.74) is -0.466. The van der Waals surface area contributed by atoms with Crippen LogP contribution in [0.1, 0.15) is 20.8 Å². The molecule has 1 amide bonds. The van der Waals surface area contributed by atoms with Crippen LogP contribution in [-0.4, -0.2) is 18.3 Å². The van der Waals surface area contributed by atoms with Crippen LogP contribution in [0.15, 0.2) is 12.1 Å². The molecule has 8 heteroatoms. The topological polar surface area (TPSA) is 47.6 Å². The van der Waals surface area contributed by atoms with Crippen LogP contribution in [0.5, 0.6) is 5.75 Å². The van der Waals surface area contributed by atoms with E-state index in [1.165, 1.54) is 12.1 Å². The highest BCUT2D eigenvalue weighted by Gasteiger charge is 2.18. The molecule has 0 fully saturated rings. The highest BCUT2D eigenvalue weighted by atomic mass is 35.5. The predicted molar refractivity (Wildman–Crippen MR) is 73.0 cm³/mol. The molecule has 1 rings (SSSR count). The fourth-order valence-corrected chi connectivity index (χ4v) is 1.83. The summed E-state index contributed by atoms with van der Waals surface area (Å²) in [7, 11) is 0. The molecular weight excluding hydrogens is 315 g/mol. The van der Waals surface area contributed by atoms with E-state index in [9.17, 15) is 13.6 Å². The van der Waals surface area contributed by atoms with Crippen LogP contribution in [0.2, 0.25) is 10.0 Å². The van der Waals surface area contributed by atoms with E-state index in [0.717, 1.165) is 0 Å². The molecule has 4 nitrogen and oxygen atoms in total. The van der Waals surface area contributed by atoms with Crippen LogP contribution in [0.25, 0.3) is 0 Å². The minimum absolute atomic E-state index is 0.149. The van der Waals surface area contributed by atoms with Crippen molar-refractivity contribution < 1.29 is 23.0 Å². The minimum Gasteiger partial charge on any atom is -0.444 e. The summed E-state index contributed by atoms with van der Waals surface area (Å²) in [6.07, 6.45) is -0.716. The van der Waals surface area contributed by atoms with Crippen LogP contribution in [0.4, 0.5) is 19.3 Å². The molecule has 0 spiro atoms. The summed E-state index contributed by atoms with van der Waals surface area (Å²) in [4.78, 5) is 11.5. The summed E-state index contributed by atoms with van der Waals surface area (Å²) in [6.45, 7) is 2.05. The molecule has 0 atom stereocenters. The summed E-state index contributed by atoms with van der Waals surface area (Å²) in [5.74, 6) is -0.349. The van der Waals surface area contributed by atoms with Crippen LogP contribution >= 0.6 is 23.2 Å². The quantitative estimate of drug-likeness (QED) is 0.855. The summed E-state index contributed by atoms with van der Waals surface area (Å²) < 4.78 is 33.5. The number of benzene rings is 1. The molecular formula is C12H13Cl2F2NO3. The molecule has 0 unspecified atom stereocenters. The van der Waals surface area contributed by atoms with Crippen molar-refractivity contribution in [3.8, 4) is 5.75 Å². The van der Waals surface area contributed by atoms with Gasteiger partial charge in [-0.15, -0.1) is 0 Å². The Balaban J connectivity index is 2.86. The molecule has 0 aliphatic carbocycles. The number of hydrogen-bond acceptors (Lipinski definition) is 3. The van der Waals surface area contributed by atoms with Crippen molar-refractivity contribution in [2.75, 3.05) is 5.32 Å². The first-order valence-electron chi connectivity index (χ1n) is 5.52. The van der Waals surface area contributed by atoms with Gasteiger partial charge in [-0.1, -0.05) is 23.2 Å². The van der Waals surface area contributed by atoms with Gasteiger partial charge in [0.2, 0.25) is 0 Å². The van der Waals surface area contributed by atoms with Crippen LogP contribution in [0, 0.1) is 0 Å². The number of hydrogen-bond donors (Lipinski definition) is 1. The van der Waals surface area contributed by atoms with Gasteiger partial charge >= 0.3 is 12.7 Å². The number of carbonyl (C=O) groups excluding carboxylic acids is 1. The van der Waals surface area contributed by atoms with Gasteiger partial charge in [0.1, 0.15) is 5.60 Å². The number of amides is 1. The molecule has 112 valence electrons. The average Bonchev–Trinajstić information content (AvgIpc) is 2.20. The van der Waals surface area contributed by atoms with E-state index >= 15 is 0 Å². The third kappa shape index (κ3) is 5.38. The van der Waals surface area contributed by atoms with Crippen molar-refractivity contribution in [3.63, 3.8) is 0 Å². The second-order valence-corrected chi connectivity index (χ2v) is 5.59. The standard InChI is InChI=1S/C12H13Cl2F2NO3/c1-12(2,3)20-11(18)17-6-4-7(13)9(8(14)5-6)19-10(15)16/h4-5,10H,1-3H3,(H,17,18). The minimum atomic E-state index is -3.05. The number of nitrogens with one attached hydrogen (secondary N) is 1. The monoisotopic (exact) mass is 327 g/mol. The van der Waals surface area contributed by atoms with E-state index in [-0.39, 0.29) is 21.5 Å². The Morgan fingerprint density at radius 2 is 1.75 bits per heavy atom. The molecule has 20 heavy (non-hydrogen) atoms. The zero-order valence-electron chi connectivity index (χ0n) is 11.0. The number of carbonyl (C=O) groups is 1. The number of anilines is 1. The van der Waals surface area contributed by atoms with Gasteiger partial charge in [0.15, 0.2) is 5.75 Å². The largest absolute Gasteiger partial charge is 0.444 e. The molecule has 0 aliphatic rings. The van der Waals surface area contributed by atoms with Crippen molar-refractivity contribution in [2.24, 2.45) is 0 Å². The van der Waals surface area contributed by atoms with Gasteiger partial charge in [0.25, 0.3) is 0 Å². The normalized spacial score (nSPS) is 11.4. The average molecular weight is 328 g/mol. The fraction of sp³-hybridized carbons (Fsp3) is 0.417. The van der Waals surface area contributed by atoms with Gasteiger partial charge in [-0.3, -0.25) is 5.32 Å². The van der Waals surface area contributed by atoms with Gasteiger partial charge in [-0.2, -0.15) is 8.78 Å². The van der Waals surface area contributed by atoms with E-state index in [0.29, 0.717) is 0 Å². The lowest BCUT2D eigenvalue weighted by atomic mass is 10.2. The number of alkyl halides is 2. The van der Waals surface area contributed by atoms with Crippen molar-refractivity contribution in [2.45, 2.75) is 33.0 Å². The SMILES string of the molecule is CC(C)(C)OC(=O)Nc1cc(Cl)c(OC(F)F)c(Cl)c1. The maximum atomic E-state index is 12.1. The first kappa shape index (κ1) is 16.8. The molecule has 1 aromatic carbocycles. The molecule has 0 bridgehead atoms. The molecule has 1 aromatic rings. The summed E-state index contributed by atoms with van der Waals surface area (Å²) in [5, 5.41) is 2.09. The van der Waals surface area contributed by atoms with Crippen LogP contribution in [-0.2, 0) is 4.74 Å². The zero-order valence-corrected chi connectivity index (χ0v) is 12.5. The Kier molecular flexibility index (Phi) is 5.42. The number of rotatable bonds is 3. The number of ether oxygens (including phenoxy) is 2. The summed E-state index contributed by atoms with van der Waals surface area (Å²) >= 11 is 11.5. The zero-order chi connectivity index (χ0) is 15.5. The van der Waals surface area contributed by atoms with Gasteiger partial charge in [-0.05, 0) is 32.9 Å². The van der Waals surface area contributed by atoms with Crippen LogP contribution in [0.3, 0.4) is 0 Å². The van der Waals surface area contributed by atoms with Crippen molar-refractivity contribution in [1.82, 2.24) is 0 Å². The third-order valence-corrected chi connectivity index (χ3v) is 2.41.